The molecule has 1 heterocycles. The number of anilines is 5. The Hall–Kier alpha value is -4.67. The Balaban J connectivity index is 1.71. The molecule has 3 rings (SSSR count). The predicted octanol–water partition coefficient (Wildman–Crippen LogP) is 6.23. The van der Waals surface area contributed by atoms with E-state index in [1.54, 1.807) is 70.2 Å². The molecule has 0 saturated heterocycles. The Bertz CT molecular complexity index is 1390. The quantitative estimate of drug-likeness (QED) is 0.230. The number of amides is 3. The first kappa shape index (κ1) is 30.9. The second kappa shape index (κ2) is 13.6. The number of hydrogen-bond acceptors (Lipinski definition) is 7. The lowest BCUT2D eigenvalue weighted by Gasteiger charge is -2.28. The lowest BCUT2D eigenvalue weighted by molar-refractivity contribution is -0.120. The molecule has 4 N–H and O–H groups in total. The average Bonchev–Trinajstić information content (AvgIpc) is 2.90. The van der Waals surface area contributed by atoms with E-state index in [4.69, 9.17) is 4.74 Å². The predicted molar refractivity (Wildman–Crippen MR) is 159 cm³/mol. The van der Waals surface area contributed by atoms with E-state index in [1.165, 1.54) is 30.3 Å². The number of hydrogen-bond donors (Lipinski definition) is 4. The van der Waals surface area contributed by atoms with Crippen molar-refractivity contribution in [2.75, 3.05) is 34.9 Å². The SMILES string of the molecule is CCCNc1cc(Nc2cccc(F)c2)ncc1C(=O)Nc1cccc(NC(=O)[C@H](C)N(C)C(=O)OC(C)(C)C)c1. The molecule has 41 heavy (non-hydrogen) atoms. The third-order valence-corrected chi connectivity index (χ3v) is 5.84. The van der Waals surface area contributed by atoms with Crippen molar-refractivity contribution in [2.24, 2.45) is 0 Å². The summed E-state index contributed by atoms with van der Waals surface area (Å²) in [5, 5.41) is 11.9. The Morgan fingerprint density at radius 2 is 1.66 bits per heavy atom. The largest absolute Gasteiger partial charge is 0.444 e. The molecule has 11 heteroatoms. The van der Waals surface area contributed by atoms with Crippen molar-refractivity contribution < 1.29 is 23.5 Å². The molecule has 3 amide bonds. The Kier molecular flexibility index (Phi) is 10.2. The van der Waals surface area contributed by atoms with Gasteiger partial charge in [-0.15, -0.1) is 0 Å². The molecule has 0 saturated carbocycles. The van der Waals surface area contributed by atoms with Crippen LogP contribution in [0.4, 0.5) is 37.8 Å². The van der Waals surface area contributed by atoms with E-state index in [9.17, 15) is 18.8 Å². The van der Waals surface area contributed by atoms with E-state index in [0.29, 0.717) is 40.7 Å². The minimum atomic E-state index is -0.805. The monoisotopic (exact) mass is 564 g/mol. The lowest BCUT2D eigenvalue weighted by Crippen LogP contribution is -2.45. The Labute approximate surface area is 239 Å². The van der Waals surface area contributed by atoms with Crippen LogP contribution in [0.3, 0.4) is 0 Å². The summed E-state index contributed by atoms with van der Waals surface area (Å²) in [6.07, 6.45) is 1.66. The average molecular weight is 565 g/mol. The van der Waals surface area contributed by atoms with Crippen molar-refractivity contribution in [1.29, 1.82) is 0 Å². The van der Waals surface area contributed by atoms with Crippen LogP contribution in [0.15, 0.2) is 60.8 Å². The number of likely N-dealkylation sites (N-methyl/N-ethyl adjacent to an activating group) is 1. The number of carbonyl (C=O) groups is 3. The number of pyridine rings is 1. The number of benzene rings is 2. The number of rotatable bonds is 10. The van der Waals surface area contributed by atoms with Crippen molar-refractivity contribution in [1.82, 2.24) is 9.88 Å². The van der Waals surface area contributed by atoms with Crippen LogP contribution in [-0.2, 0) is 9.53 Å². The number of halogens is 1. The third kappa shape index (κ3) is 9.20. The fraction of sp³-hybridized carbons (Fsp3) is 0.333. The van der Waals surface area contributed by atoms with E-state index < -0.39 is 29.6 Å². The van der Waals surface area contributed by atoms with Gasteiger partial charge in [0.05, 0.1) is 11.3 Å². The highest BCUT2D eigenvalue weighted by Crippen LogP contribution is 2.24. The smallest absolute Gasteiger partial charge is 0.410 e. The summed E-state index contributed by atoms with van der Waals surface area (Å²) in [5.74, 6) is -0.757. The molecule has 218 valence electrons. The maximum absolute atomic E-state index is 13.6. The standard InChI is InChI=1S/C30H37FN6O4/c1-7-14-32-25-17-26(34-21-11-8-10-20(31)15-21)33-18-24(25)28(39)36-23-13-9-12-22(16-23)35-27(38)19(2)37(6)29(40)41-30(3,4)5/h8-13,15-19H,7,14H2,1-6H3,(H,35,38)(H,36,39)(H2,32,33,34)/t19-/m0/s1. The van der Waals surface area contributed by atoms with E-state index >= 15 is 0 Å². The molecule has 3 aromatic rings. The van der Waals surface area contributed by atoms with Gasteiger partial charge in [-0.25, -0.2) is 14.2 Å². The van der Waals surface area contributed by atoms with Crippen LogP contribution in [0.5, 0.6) is 0 Å². The van der Waals surface area contributed by atoms with Crippen molar-refractivity contribution in [3.8, 4) is 0 Å². The molecule has 0 bridgehead atoms. The molecule has 0 unspecified atom stereocenters. The van der Waals surface area contributed by atoms with Gasteiger partial charge in [0.2, 0.25) is 5.91 Å². The summed E-state index contributed by atoms with van der Waals surface area (Å²) >= 11 is 0. The molecule has 1 atom stereocenters. The minimum Gasteiger partial charge on any atom is -0.444 e. The van der Waals surface area contributed by atoms with Gasteiger partial charge in [0.1, 0.15) is 23.3 Å². The van der Waals surface area contributed by atoms with E-state index in [0.717, 1.165) is 6.42 Å². The van der Waals surface area contributed by atoms with Gasteiger partial charge in [-0.3, -0.25) is 14.5 Å². The third-order valence-electron chi connectivity index (χ3n) is 5.84. The van der Waals surface area contributed by atoms with Crippen LogP contribution in [0.25, 0.3) is 0 Å². The molecule has 0 radical (unpaired) electrons. The van der Waals surface area contributed by atoms with E-state index in [1.807, 2.05) is 6.92 Å². The highest BCUT2D eigenvalue weighted by Gasteiger charge is 2.27. The van der Waals surface area contributed by atoms with Crippen LogP contribution in [0, 0.1) is 5.82 Å². The van der Waals surface area contributed by atoms with Crippen LogP contribution in [-0.4, -0.2) is 53.0 Å². The van der Waals surface area contributed by atoms with Crippen LogP contribution in [0.2, 0.25) is 0 Å². The molecule has 1 aromatic heterocycles. The van der Waals surface area contributed by atoms with Crippen molar-refractivity contribution in [3.05, 3.63) is 72.2 Å². The number of ether oxygens (including phenoxy) is 1. The number of nitrogens with zero attached hydrogens (tertiary/aromatic N) is 2. The van der Waals surface area contributed by atoms with Crippen LogP contribution < -0.4 is 21.3 Å². The Morgan fingerprint density at radius 1 is 1.00 bits per heavy atom. The first-order chi connectivity index (χ1) is 19.4. The fourth-order valence-electron chi connectivity index (χ4n) is 3.61. The topological polar surface area (TPSA) is 125 Å². The molecule has 10 nitrogen and oxygen atoms in total. The molecule has 0 fully saturated rings. The maximum atomic E-state index is 13.6. The normalized spacial score (nSPS) is 11.7. The van der Waals surface area contributed by atoms with Gasteiger partial charge in [-0.05, 0) is 70.5 Å². The zero-order chi connectivity index (χ0) is 30.2. The van der Waals surface area contributed by atoms with E-state index in [2.05, 4.69) is 26.3 Å². The highest BCUT2D eigenvalue weighted by atomic mass is 19.1. The highest BCUT2D eigenvalue weighted by molar-refractivity contribution is 6.08. The molecule has 0 spiro atoms. The summed E-state index contributed by atoms with van der Waals surface area (Å²) in [7, 11) is 1.49. The maximum Gasteiger partial charge on any atom is 0.410 e. The summed E-state index contributed by atoms with van der Waals surface area (Å²) in [6, 6.07) is 13.6. The van der Waals surface area contributed by atoms with Crippen LogP contribution in [0.1, 0.15) is 51.4 Å². The molecule has 2 aromatic carbocycles. The number of carbonyl (C=O) groups excluding carboxylic acids is 3. The summed E-state index contributed by atoms with van der Waals surface area (Å²) in [5.41, 5.74) is 1.60. The van der Waals surface area contributed by atoms with Gasteiger partial charge in [-0.1, -0.05) is 19.1 Å². The van der Waals surface area contributed by atoms with Crippen molar-refractivity contribution >= 4 is 46.5 Å². The van der Waals surface area contributed by atoms with E-state index in [-0.39, 0.29) is 5.82 Å². The van der Waals surface area contributed by atoms with Crippen LogP contribution >= 0.6 is 0 Å². The summed E-state index contributed by atoms with van der Waals surface area (Å²) < 4.78 is 18.9. The fourth-order valence-corrected chi connectivity index (χ4v) is 3.61. The lowest BCUT2D eigenvalue weighted by atomic mass is 10.2. The first-order valence-electron chi connectivity index (χ1n) is 13.3. The Morgan fingerprint density at radius 3 is 2.32 bits per heavy atom. The molecular weight excluding hydrogens is 527 g/mol. The summed E-state index contributed by atoms with van der Waals surface area (Å²) in [4.78, 5) is 43.9. The van der Waals surface area contributed by atoms with Gasteiger partial charge >= 0.3 is 6.09 Å². The molecule has 0 aliphatic rings. The van der Waals surface area contributed by atoms with Gasteiger partial charge < -0.3 is 26.0 Å². The molecular formula is C30H37FN6O4. The number of nitrogens with one attached hydrogen (secondary N) is 4. The first-order valence-corrected chi connectivity index (χ1v) is 13.3. The number of aromatic nitrogens is 1. The van der Waals surface area contributed by atoms with Gasteiger partial charge in [0.15, 0.2) is 0 Å². The van der Waals surface area contributed by atoms with Crippen molar-refractivity contribution in [3.63, 3.8) is 0 Å². The minimum absolute atomic E-state index is 0.310. The van der Waals surface area contributed by atoms with Gasteiger partial charge in [0, 0.05) is 42.9 Å². The molecule has 0 aliphatic carbocycles. The zero-order valence-corrected chi connectivity index (χ0v) is 24.2. The van der Waals surface area contributed by atoms with Gasteiger partial charge in [-0.2, -0.15) is 0 Å². The summed E-state index contributed by atoms with van der Waals surface area (Å²) in [6.45, 7) is 9.48. The second-order valence-electron chi connectivity index (χ2n) is 10.5. The zero-order valence-electron chi connectivity index (χ0n) is 24.2. The second-order valence-corrected chi connectivity index (χ2v) is 10.5. The van der Waals surface area contributed by atoms with Crippen molar-refractivity contribution in [2.45, 2.75) is 52.7 Å². The molecule has 0 aliphatic heterocycles. The van der Waals surface area contributed by atoms with Gasteiger partial charge in [0.25, 0.3) is 5.91 Å².